The highest BCUT2D eigenvalue weighted by Crippen LogP contribution is 2.28. The quantitative estimate of drug-likeness (QED) is 0.648. The zero-order chi connectivity index (χ0) is 10.4. The zero-order valence-corrected chi connectivity index (χ0v) is 9.79. The topological polar surface area (TPSA) is 18.5 Å². The van der Waals surface area contributed by atoms with Crippen molar-refractivity contribution in [2.24, 2.45) is 11.8 Å². The predicted octanol–water partition coefficient (Wildman–Crippen LogP) is 2.86. The van der Waals surface area contributed by atoms with Crippen molar-refractivity contribution in [3.8, 4) is 0 Å². The van der Waals surface area contributed by atoms with Crippen LogP contribution in [0.3, 0.4) is 0 Å². The highest BCUT2D eigenvalue weighted by Gasteiger charge is 2.29. The van der Waals surface area contributed by atoms with Gasteiger partial charge in [-0.25, -0.2) is 0 Å². The largest absolute Gasteiger partial charge is 0.381 e. The van der Waals surface area contributed by atoms with Gasteiger partial charge in [0.05, 0.1) is 12.7 Å². The highest BCUT2D eigenvalue weighted by molar-refractivity contribution is 4.78. The van der Waals surface area contributed by atoms with Crippen molar-refractivity contribution in [1.82, 2.24) is 0 Å². The Morgan fingerprint density at radius 3 is 2.43 bits per heavy atom. The van der Waals surface area contributed by atoms with E-state index in [2.05, 4.69) is 6.92 Å². The molecule has 2 aliphatic heterocycles. The van der Waals surface area contributed by atoms with E-state index in [0.29, 0.717) is 12.0 Å². The van der Waals surface area contributed by atoms with E-state index in [9.17, 15) is 0 Å². The van der Waals surface area contributed by atoms with Crippen molar-refractivity contribution in [2.75, 3.05) is 19.8 Å². The van der Waals surface area contributed by atoms with Crippen LogP contribution in [0.5, 0.6) is 0 Å². The van der Waals surface area contributed by atoms with Crippen LogP contribution in [-0.4, -0.2) is 25.9 Å². The summed E-state index contributed by atoms with van der Waals surface area (Å²) in [6.45, 7) is 9.16. The van der Waals surface area contributed by atoms with E-state index in [1.807, 2.05) is 13.8 Å². The molecule has 0 amide bonds. The van der Waals surface area contributed by atoms with Gasteiger partial charge in [-0.2, -0.15) is 0 Å². The average Bonchev–Trinajstić information content (AvgIpc) is 2.74. The van der Waals surface area contributed by atoms with Crippen molar-refractivity contribution >= 4 is 0 Å². The van der Waals surface area contributed by atoms with Gasteiger partial charge in [0, 0.05) is 19.1 Å². The van der Waals surface area contributed by atoms with Crippen LogP contribution in [0.15, 0.2) is 0 Å². The Bertz CT molecular complexity index is 141. The SMILES string of the molecule is CC.CC1CCOC(C2CCOC2)C1. The molecule has 0 aliphatic carbocycles. The van der Waals surface area contributed by atoms with Crippen LogP contribution in [0.4, 0.5) is 0 Å². The molecule has 14 heavy (non-hydrogen) atoms. The molecule has 0 aromatic rings. The molecule has 0 saturated carbocycles. The number of hydrogen-bond acceptors (Lipinski definition) is 2. The predicted molar refractivity (Wildman–Crippen MR) is 58.4 cm³/mol. The minimum atomic E-state index is 0.497. The van der Waals surface area contributed by atoms with Crippen LogP contribution in [0.2, 0.25) is 0 Å². The van der Waals surface area contributed by atoms with E-state index in [0.717, 1.165) is 25.7 Å². The van der Waals surface area contributed by atoms with Gasteiger partial charge in [-0.1, -0.05) is 20.8 Å². The molecule has 2 heterocycles. The first-order valence-electron chi connectivity index (χ1n) is 6.05. The van der Waals surface area contributed by atoms with Gasteiger partial charge >= 0.3 is 0 Å². The summed E-state index contributed by atoms with van der Waals surface area (Å²) in [4.78, 5) is 0. The third kappa shape index (κ3) is 3.25. The van der Waals surface area contributed by atoms with Crippen molar-refractivity contribution in [1.29, 1.82) is 0 Å². The lowest BCUT2D eigenvalue weighted by atomic mass is 9.89. The molecule has 2 nitrogen and oxygen atoms in total. The lowest BCUT2D eigenvalue weighted by Gasteiger charge is -2.30. The molecule has 0 aromatic heterocycles. The van der Waals surface area contributed by atoms with Gasteiger partial charge in [0.2, 0.25) is 0 Å². The lowest BCUT2D eigenvalue weighted by molar-refractivity contribution is -0.0401. The van der Waals surface area contributed by atoms with E-state index < -0.39 is 0 Å². The molecule has 0 bridgehead atoms. The van der Waals surface area contributed by atoms with Crippen LogP contribution in [-0.2, 0) is 9.47 Å². The average molecular weight is 200 g/mol. The van der Waals surface area contributed by atoms with E-state index in [1.54, 1.807) is 0 Å². The van der Waals surface area contributed by atoms with Crippen molar-refractivity contribution in [3.05, 3.63) is 0 Å². The van der Waals surface area contributed by atoms with Crippen molar-refractivity contribution < 1.29 is 9.47 Å². The molecule has 0 aromatic carbocycles. The number of hydrogen-bond donors (Lipinski definition) is 0. The summed E-state index contributed by atoms with van der Waals surface area (Å²) in [5.74, 6) is 1.54. The molecular formula is C12H24O2. The summed E-state index contributed by atoms with van der Waals surface area (Å²) < 4.78 is 11.1. The normalized spacial score (nSPS) is 37.5. The Hall–Kier alpha value is -0.0800. The Kier molecular flexibility index (Phi) is 5.49. The fraction of sp³-hybridized carbons (Fsp3) is 1.00. The van der Waals surface area contributed by atoms with Crippen molar-refractivity contribution in [2.45, 2.75) is 46.1 Å². The van der Waals surface area contributed by atoms with Gasteiger partial charge in [0.1, 0.15) is 0 Å². The van der Waals surface area contributed by atoms with Gasteiger partial charge in [0.25, 0.3) is 0 Å². The molecule has 3 atom stereocenters. The molecule has 2 fully saturated rings. The minimum Gasteiger partial charge on any atom is -0.381 e. The van der Waals surface area contributed by atoms with Crippen LogP contribution in [0.25, 0.3) is 0 Å². The maximum Gasteiger partial charge on any atom is 0.0628 e. The Morgan fingerprint density at radius 1 is 1.07 bits per heavy atom. The number of ether oxygens (including phenoxy) is 2. The second kappa shape index (κ2) is 6.41. The summed E-state index contributed by atoms with van der Waals surface area (Å²) in [6.07, 6.45) is 4.19. The first-order valence-corrected chi connectivity index (χ1v) is 6.05. The highest BCUT2D eigenvalue weighted by atomic mass is 16.5. The molecule has 0 N–H and O–H groups in total. The first-order chi connectivity index (χ1) is 6.86. The molecule has 2 heteroatoms. The molecule has 2 aliphatic rings. The Labute approximate surface area is 88.0 Å². The van der Waals surface area contributed by atoms with Gasteiger partial charge in [0.15, 0.2) is 0 Å². The molecule has 0 spiro atoms. The van der Waals surface area contributed by atoms with Gasteiger partial charge in [-0.3, -0.25) is 0 Å². The van der Waals surface area contributed by atoms with Crippen LogP contribution in [0, 0.1) is 11.8 Å². The fourth-order valence-corrected chi connectivity index (χ4v) is 2.18. The van der Waals surface area contributed by atoms with E-state index in [4.69, 9.17) is 9.47 Å². The van der Waals surface area contributed by atoms with Crippen LogP contribution in [0.1, 0.15) is 40.0 Å². The summed E-state index contributed by atoms with van der Waals surface area (Å²) >= 11 is 0. The van der Waals surface area contributed by atoms with Crippen LogP contribution >= 0.6 is 0 Å². The summed E-state index contributed by atoms with van der Waals surface area (Å²) in [7, 11) is 0. The Balaban J connectivity index is 0.000000461. The first kappa shape index (κ1) is 12.0. The molecule has 2 rings (SSSR count). The fourth-order valence-electron chi connectivity index (χ4n) is 2.18. The second-order valence-corrected chi connectivity index (χ2v) is 4.16. The lowest BCUT2D eigenvalue weighted by Crippen LogP contribution is -2.31. The molecule has 84 valence electrons. The summed E-state index contributed by atoms with van der Waals surface area (Å²) in [6, 6.07) is 0. The molecule has 2 saturated heterocycles. The van der Waals surface area contributed by atoms with Gasteiger partial charge in [-0.05, 0) is 25.2 Å². The van der Waals surface area contributed by atoms with E-state index in [1.165, 1.54) is 19.3 Å². The van der Waals surface area contributed by atoms with Crippen molar-refractivity contribution in [3.63, 3.8) is 0 Å². The Morgan fingerprint density at radius 2 is 1.86 bits per heavy atom. The standard InChI is InChI=1S/C10H18O2.C2H6/c1-8-2-5-12-10(6-8)9-3-4-11-7-9;1-2/h8-10H,2-7H2,1H3;1-2H3. The van der Waals surface area contributed by atoms with Gasteiger partial charge < -0.3 is 9.47 Å². The molecule has 3 unspecified atom stereocenters. The van der Waals surface area contributed by atoms with E-state index >= 15 is 0 Å². The smallest absolute Gasteiger partial charge is 0.0628 e. The second-order valence-electron chi connectivity index (χ2n) is 4.16. The monoisotopic (exact) mass is 200 g/mol. The molecular weight excluding hydrogens is 176 g/mol. The third-order valence-corrected chi connectivity index (χ3v) is 3.07. The van der Waals surface area contributed by atoms with Gasteiger partial charge in [-0.15, -0.1) is 0 Å². The maximum atomic E-state index is 5.75. The van der Waals surface area contributed by atoms with Crippen LogP contribution < -0.4 is 0 Å². The number of rotatable bonds is 1. The zero-order valence-electron chi connectivity index (χ0n) is 9.79. The summed E-state index contributed by atoms with van der Waals surface area (Å²) in [5, 5.41) is 0. The maximum absolute atomic E-state index is 5.75. The summed E-state index contributed by atoms with van der Waals surface area (Å²) in [5.41, 5.74) is 0. The minimum absolute atomic E-state index is 0.497. The third-order valence-electron chi connectivity index (χ3n) is 3.07. The van der Waals surface area contributed by atoms with E-state index in [-0.39, 0.29) is 0 Å². The molecule has 0 radical (unpaired) electrons.